The zero-order valence-corrected chi connectivity index (χ0v) is 14.2. The average Bonchev–Trinajstić information content (AvgIpc) is 2.55. The first-order valence-corrected chi connectivity index (χ1v) is 8.10. The Kier molecular flexibility index (Phi) is 4.86. The second kappa shape index (κ2) is 7.23. The van der Waals surface area contributed by atoms with Gasteiger partial charge >= 0.3 is 0 Å². The third-order valence-electron chi connectivity index (χ3n) is 3.34. The molecule has 0 aliphatic heterocycles. The van der Waals surface area contributed by atoms with E-state index in [4.69, 9.17) is 0 Å². The van der Waals surface area contributed by atoms with E-state index in [1.54, 1.807) is 24.4 Å². The Balaban J connectivity index is 1.65. The number of carbonyl (C=O) groups is 2. The number of rotatable bonds is 4. The van der Waals surface area contributed by atoms with Crippen LogP contribution in [0.3, 0.4) is 0 Å². The van der Waals surface area contributed by atoms with Crippen molar-refractivity contribution in [3.8, 4) is 0 Å². The maximum atomic E-state index is 12.1. The van der Waals surface area contributed by atoms with E-state index in [1.807, 2.05) is 36.4 Å². The monoisotopic (exact) mass is 383 g/mol. The third kappa shape index (κ3) is 3.97. The molecule has 24 heavy (non-hydrogen) atoms. The minimum Gasteiger partial charge on any atom is -0.326 e. The van der Waals surface area contributed by atoms with Crippen LogP contribution in [-0.4, -0.2) is 16.8 Å². The molecule has 0 spiro atoms. The minimum atomic E-state index is -0.388. The number of halogens is 1. The maximum Gasteiger partial charge on any atom is 0.233 e. The number of amides is 2. The van der Waals surface area contributed by atoms with E-state index >= 15 is 0 Å². The number of pyridine rings is 1. The Bertz CT molecular complexity index is 906. The maximum absolute atomic E-state index is 12.1. The summed E-state index contributed by atoms with van der Waals surface area (Å²) in [5, 5.41) is 6.36. The quantitative estimate of drug-likeness (QED) is 0.669. The molecule has 0 radical (unpaired) electrons. The van der Waals surface area contributed by atoms with Crippen molar-refractivity contribution >= 4 is 50.0 Å². The molecule has 6 heteroatoms. The highest BCUT2D eigenvalue weighted by Crippen LogP contribution is 2.21. The molecule has 0 unspecified atom stereocenters. The lowest BCUT2D eigenvalue weighted by Crippen LogP contribution is -2.21. The van der Waals surface area contributed by atoms with Gasteiger partial charge in [-0.05, 0) is 30.3 Å². The molecule has 0 bridgehead atoms. The number of anilines is 2. The summed E-state index contributed by atoms with van der Waals surface area (Å²) < 4.78 is 0.853. The summed E-state index contributed by atoms with van der Waals surface area (Å²) in [5.74, 6) is -0.764. The van der Waals surface area contributed by atoms with E-state index in [9.17, 15) is 9.59 Å². The van der Waals surface area contributed by atoms with Crippen molar-refractivity contribution in [2.45, 2.75) is 6.42 Å². The molecule has 0 aliphatic carbocycles. The van der Waals surface area contributed by atoms with Crippen LogP contribution in [0.2, 0.25) is 0 Å². The van der Waals surface area contributed by atoms with Crippen molar-refractivity contribution in [2.75, 3.05) is 10.6 Å². The van der Waals surface area contributed by atoms with Gasteiger partial charge in [0, 0.05) is 21.7 Å². The summed E-state index contributed by atoms with van der Waals surface area (Å²) >= 11 is 3.33. The van der Waals surface area contributed by atoms with Crippen molar-refractivity contribution in [3.05, 3.63) is 65.3 Å². The molecule has 0 saturated carbocycles. The third-order valence-corrected chi connectivity index (χ3v) is 3.83. The van der Waals surface area contributed by atoms with Crippen LogP contribution in [0.25, 0.3) is 10.9 Å². The van der Waals surface area contributed by atoms with Crippen LogP contribution in [0, 0.1) is 0 Å². The summed E-state index contributed by atoms with van der Waals surface area (Å²) in [6, 6.07) is 16.5. The zero-order chi connectivity index (χ0) is 16.9. The Morgan fingerprint density at radius 3 is 2.54 bits per heavy atom. The predicted molar refractivity (Wildman–Crippen MR) is 97.8 cm³/mol. The number of nitrogens with zero attached hydrogens (tertiary/aromatic N) is 1. The van der Waals surface area contributed by atoms with E-state index in [-0.39, 0.29) is 18.2 Å². The molecule has 120 valence electrons. The highest BCUT2D eigenvalue weighted by molar-refractivity contribution is 9.10. The van der Waals surface area contributed by atoms with E-state index in [0.717, 1.165) is 9.86 Å². The van der Waals surface area contributed by atoms with Crippen LogP contribution >= 0.6 is 15.9 Å². The molecule has 0 atom stereocenters. The number of para-hydroxylation sites is 1. The molecule has 2 N–H and O–H groups in total. The Morgan fingerprint density at radius 1 is 0.958 bits per heavy atom. The summed E-state index contributed by atoms with van der Waals surface area (Å²) in [7, 11) is 0. The number of carbonyl (C=O) groups excluding carboxylic acids is 2. The number of fused-ring (bicyclic) bond motifs is 1. The number of hydrogen-bond acceptors (Lipinski definition) is 3. The SMILES string of the molecule is O=C(CC(=O)Nc1cccc2cccnc12)Nc1cccc(Br)c1. The van der Waals surface area contributed by atoms with Gasteiger partial charge in [-0.25, -0.2) is 0 Å². The fourth-order valence-corrected chi connectivity index (χ4v) is 2.72. The topological polar surface area (TPSA) is 71.1 Å². The van der Waals surface area contributed by atoms with Gasteiger partial charge in [0.2, 0.25) is 11.8 Å². The minimum absolute atomic E-state index is 0.268. The molecule has 5 nitrogen and oxygen atoms in total. The molecular formula is C18H14BrN3O2. The second-order valence-corrected chi connectivity index (χ2v) is 6.08. The standard InChI is InChI=1S/C18H14BrN3O2/c19-13-6-2-7-14(10-13)21-16(23)11-17(24)22-15-8-1-4-12-5-3-9-20-18(12)15/h1-10H,11H2,(H,21,23)(H,22,24). The largest absolute Gasteiger partial charge is 0.326 e. The van der Waals surface area contributed by atoms with E-state index in [1.165, 1.54) is 0 Å². The molecule has 1 heterocycles. The predicted octanol–water partition coefficient (Wildman–Crippen LogP) is 3.96. The number of aromatic nitrogens is 1. The average molecular weight is 384 g/mol. The number of hydrogen-bond donors (Lipinski definition) is 2. The highest BCUT2D eigenvalue weighted by Gasteiger charge is 2.12. The zero-order valence-electron chi connectivity index (χ0n) is 12.6. The van der Waals surface area contributed by atoms with Gasteiger partial charge in [0.1, 0.15) is 6.42 Å². The first kappa shape index (κ1) is 16.1. The van der Waals surface area contributed by atoms with Gasteiger partial charge in [-0.3, -0.25) is 14.6 Å². The van der Waals surface area contributed by atoms with Crippen LogP contribution in [-0.2, 0) is 9.59 Å². The van der Waals surface area contributed by atoms with Gasteiger partial charge in [0.05, 0.1) is 11.2 Å². The van der Waals surface area contributed by atoms with Crippen LogP contribution in [0.1, 0.15) is 6.42 Å². The van der Waals surface area contributed by atoms with Gasteiger partial charge < -0.3 is 10.6 Å². The van der Waals surface area contributed by atoms with Crippen molar-refractivity contribution < 1.29 is 9.59 Å². The summed E-state index contributed by atoms with van der Waals surface area (Å²) in [5.41, 5.74) is 1.92. The summed E-state index contributed by atoms with van der Waals surface area (Å²) in [6.07, 6.45) is 1.40. The van der Waals surface area contributed by atoms with Crippen molar-refractivity contribution in [1.29, 1.82) is 0 Å². The lowest BCUT2D eigenvalue weighted by molar-refractivity contribution is -0.123. The lowest BCUT2D eigenvalue weighted by Gasteiger charge is -2.08. The van der Waals surface area contributed by atoms with Gasteiger partial charge in [-0.15, -0.1) is 0 Å². The molecular weight excluding hydrogens is 370 g/mol. The highest BCUT2D eigenvalue weighted by atomic mass is 79.9. The fourth-order valence-electron chi connectivity index (χ4n) is 2.32. The van der Waals surface area contributed by atoms with Gasteiger partial charge in [-0.2, -0.15) is 0 Å². The normalized spacial score (nSPS) is 10.4. The number of benzene rings is 2. The van der Waals surface area contributed by atoms with Crippen molar-refractivity contribution in [1.82, 2.24) is 4.98 Å². The van der Waals surface area contributed by atoms with Gasteiger partial charge in [-0.1, -0.05) is 40.2 Å². The Morgan fingerprint density at radius 2 is 1.71 bits per heavy atom. The fraction of sp³-hybridized carbons (Fsp3) is 0.0556. The smallest absolute Gasteiger partial charge is 0.233 e. The molecule has 3 rings (SSSR count). The first-order valence-electron chi connectivity index (χ1n) is 7.31. The van der Waals surface area contributed by atoms with Crippen LogP contribution in [0.5, 0.6) is 0 Å². The Hall–Kier alpha value is -2.73. The van der Waals surface area contributed by atoms with E-state index < -0.39 is 0 Å². The van der Waals surface area contributed by atoms with Crippen LogP contribution in [0.15, 0.2) is 65.3 Å². The van der Waals surface area contributed by atoms with Crippen LogP contribution < -0.4 is 10.6 Å². The molecule has 0 saturated heterocycles. The molecule has 0 aliphatic rings. The molecule has 2 amide bonds. The van der Waals surface area contributed by atoms with Crippen molar-refractivity contribution in [3.63, 3.8) is 0 Å². The molecule has 1 aromatic heterocycles. The molecule has 2 aromatic carbocycles. The second-order valence-electron chi connectivity index (χ2n) is 5.16. The summed E-state index contributed by atoms with van der Waals surface area (Å²) in [4.78, 5) is 28.4. The van der Waals surface area contributed by atoms with Gasteiger partial charge in [0.25, 0.3) is 0 Å². The van der Waals surface area contributed by atoms with Crippen molar-refractivity contribution in [2.24, 2.45) is 0 Å². The summed E-state index contributed by atoms with van der Waals surface area (Å²) in [6.45, 7) is 0. The first-order chi connectivity index (χ1) is 11.6. The number of nitrogens with one attached hydrogen (secondary N) is 2. The van der Waals surface area contributed by atoms with E-state index in [0.29, 0.717) is 16.9 Å². The van der Waals surface area contributed by atoms with Gasteiger partial charge in [0.15, 0.2) is 0 Å². The van der Waals surface area contributed by atoms with Crippen LogP contribution in [0.4, 0.5) is 11.4 Å². The molecule has 3 aromatic rings. The Labute approximate surface area is 147 Å². The lowest BCUT2D eigenvalue weighted by atomic mass is 10.2. The van der Waals surface area contributed by atoms with E-state index in [2.05, 4.69) is 31.5 Å². The molecule has 0 fully saturated rings.